The first kappa shape index (κ1) is 21.5. The molecule has 0 radical (unpaired) electrons. The van der Waals surface area contributed by atoms with Crippen molar-refractivity contribution < 1.29 is 65.0 Å². The summed E-state index contributed by atoms with van der Waals surface area (Å²) in [6.45, 7) is 1.72. The Morgan fingerprint density at radius 2 is 1.86 bits per heavy atom. The van der Waals surface area contributed by atoms with Gasteiger partial charge in [0.25, 0.3) is 10.1 Å². The molecule has 1 aromatic rings. The molecule has 8 nitrogen and oxygen atoms in total. The number of hydrogen-bond acceptors (Lipinski definition) is 7. The molecule has 1 rings (SSSR count). The van der Waals surface area contributed by atoms with Gasteiger partial charge < -0.3 is 9.66 Å². The van der Waals surface area contributed by atoms with E-state index in [0.29, 0.717) is 18.9 Å². The van der Waals surface area contributed by atoms with Crippen LogP contribution in [-0.2, 0) is 24.4 Å². The first-order chi connectivity index (χ1) is 9.59. The van der Waals surface area contributed by atoms with Gasteiger partial charge in [0.05, 0.1) is 22.0 Å². The van der Waals surface area contributed by atoms with E-state index in [1.165, 1.54) is 0 Å². The van der Waals surface area contributed by atoms with Crippen molar-refractivity contribution in [3.8, 4) is 0 Å². The third kappa shape index (κ3) is 5.61. The summed E-state index contributed by atoms with van der Waals surface area (Å²) in [6, 6.07) is 2.11. The Hall–Kier alpha value is -0.490. The monoisotopic (exact) mass is 360 g/mol. The van der Waals surface area contributed by atoms with Crippen LogP contribution in [-0.4, -0.2) is 39.1 Å². The minimum absolute atomic E-state index is 0. The van der Waals surface area contributed by atoms with Crippen molar-refractivity contribution >= 4 is 26.2 Å². The molecule has 0 spiro atoms. The second-order valence-electron chi connectivity index (χ2n) is 4.05. The molecule has 0 aromatic heterocycles. The van der Waals surface area contributed by atoms with Gasteiger partial charge in [-0.25, -0.2) is 13.2 Å². The summed E-state index contributed by atoms with van der Waals surface area (Å²) in [5.74, 6) is -1.65. The second-order valence-corrected chi connectivity index (χ2v) is 7.01. The van der Waals surface area contributed by atoms with Crippen LogP contribution in [0, 0.1) is 0 Å². The number of benzene rings is 1. The van der Waals surface area contributed by atoms with Gasteiger partial charge in [0.1, 0.15) is 10.1 Å². The van der Waals surface area contributed by atoms with Crippen molar-refractivity contribution in [3.05, 3.63) is 23.8 Å². The van der Waals surface area contributed by atoms with E-state index in [9.17, 15) is 26.2 Å². The van der Waals surface area contributed by atoms with Crippen LogP contribution in [0.4, 0.5) is 0 Å². The standard InChI is InChI=1S/C11H14O8S2.Na/c1-2-3-6-19-21(17,18)8-4-5-9(11(12)13)10(7-8)20(14,15)16;/h4-5,7H,2-3,6H2,1H3,(H,12,13)(H,14,15,16);/q;+1/p-1. The van der Waals surface area contributed by atoms with Crippen LogP contribution in [0.25, 0.3) is 0 Å². The van der Waals surface area contributed by atoms with E-state index in [-0.39, 0.29) is 36.2 Å². The number of carboxylic acid groups (broad SMARTS) is 1. The molecular weight excluding hydrogens is 347 g/mol. The largest absolute Gasteiger partial charge is 1.00 e. The van der Waals surface area contributed by atoms with Crippen LogP contribution in [0.15, 0.2) is 28.0 Å². The van der Waals surface area contributed by atoms with Crippen LogP contribution in [0.2, 0.25) is 0 Å². The molecule has 11 heteroatoms. The maximum atomic E-state index is 11.8. The van der Waals surface area contributed by atoms with Crippen molar-refractivity contribution in [3.63, 3.8) is 0 Å². The Bertz CT molecular complexity index is 739. The Balaban J connectivity index is 0.00000441. The zero-order valence-corrected chi connectivity index (χ0v) is 15.6. The molecule has 0 aliphatic rings. The molecule has 1 aromatic carbocycles. The van der Waals surface area contributed by atoms with E-state index in [2.05, 4.69) is 4.18 Å². The number of carbonyl (C=O) groups is 1. The average molecular weight is 360 g/mol. The fourth-order valence-corrected chi connectivity index (χ4v) is 3.16. The molecule has 0 heterocycles. The van der Waals surface area contributed by atoms with Gasteiger partial charge in [0.15, 0.2) is 0 Å². The molecule has 0 atom stereocenters. The van der Waals surface area contributed by atoms with Crippen LogP contribution in [0.5, 0.6) is 0 Å². The minimum Gasteiger partial charge on any atom is -0.744 e. The normalized spacial score (nSPS) is 11.7. The zero-order valence-electron chi connectivity index (χ0n) is 12.0. The topological polar surface area (TPSA) is 138 Å². The third-order valence-corrected chi connectivity index (χ3v) is 4.66. The first-order valence-electron chi connectivity index (χ1n) is 5.82. The van der Waals surface area contributed by atoms with Gasteiger partial charge in [-0.15, -0.1) is 0 Å². The molecule has 0 saturated heterocycles. The molecule has 0 bridgehead atoms. The number of aromatic carboxylic acids is 1. The maximum Gasteiger partial charge on any atom is 1.00 e. The molecule has 0 amide bonds. The fourth-order valence-electron chi connectivity index (χ4n) is 1.42. The molecule has 0 aliphatic heterocycles. The summed E-state index contributed by atoms with van der Waals surface area (Å²) in [6.07, 6.45) is 1.16. The van der Waals surface area contributed by atoms with Crippen molar-refractivity contribution in [2.45, 2.75) is 29.6 Å². The van der Waals surface area contributed by atoms with Crippen LogP contribution in [0.3, 0.4) is 0 Å². The fraction of sp³-hybridized carbons (Fsp3) is 0.364. The molecule has 22 heavy (non-hydrogen) atoms. The minimum atomic E-state index is -5.14. The van der Waals surface area contributed by atoms with E-state index in [0.717, 1.165) is 12.1 Å². The molecule has 0 fully saturated rings. The van der Waals surface area contributed by atoms with Gasteiger partial charge in [-0.1, -0.05) is 13.3 Å². The molecular formula is C11H13NaO8S2. The van der Waals surface area contributed by atoms with E-state index >= 15 is 0 Å². The quantitative estimate of drug-likeness (QED) is 0.250. The van der Waals surface area contributed by atoms with Crippen molar-refractivity contribution in [1.29, 1.82) is 0 Å². The van der Waals surface area contributed by atoms with Gasteiger partial charge in [-0.3, -0.25) is 4.18 Å². The van der Waals surface area contributed by atoms with E-state index < -0.39 is 41.6 Å². The Morgan fingerprint density at radius 1 is 1.27 bits per heavy atom. The zero-order chi connectivity index (χ0) is 16.3. The van der Waals surface area contributed by atoms with Gasteiger partial charge in [0, 0.05) is 0 Å². The predicted molar refractivity (Wildman–Crippen MR) is 69.4 cm³/mol. The molecule has 1 N–H and O–H groups in total. The third-order valence-electron chi connectivity index (χ3n) is 2.48. The Morgan fingerprint density at radius 3 is 2.32 bits per heavy atom. The number of hydrogen-bond donors (Lipinski definition) is 1. The van der Waals surface area contributed by atoms with Gasteiger partial charge in [-0.2, -0.15) is 8.42 Å². The number of unbranched alkanes of at least 4 members (excludes halogenated alkanes) is 1. The molecule has 0 unspecified atom stereocenters. The number of rotatable bonds is 7. The van der Waals surface area contributed by atoms with Gasteiger partial charge in [-0.05, 0) is 24.6 Å². The Kier molecular flexibility index (Phi) is 8.20. The summed E-state index contributed by atoms with van der Waals surface area (Å²) in [7, 11) is -9.39. The van der Waals surface area contributed by atoms with Crippen molar-refractivity contribution in [2.75, 3.05) is 6.61 Å². The Labute approximate surface area is 150 Å². The van der Waals surface area contributed by atoms with E-state index in [4.69, 9.17) is 5.11 Å². The SMILES string of the molecule is CCCCOS(=O)(=O)c1ccc(C(=O)O)c(S(=O)(=O)[O-])c1.[Na+]. The predicted octanol–water partition coefficient (Wildman–Crippen LogP) is -2.20. The molecule has 118 valence electrons. The van der Waals surface area contributed by atoms with Crippen molar-refractivity contribution in [1.82, 2.24) is 0 Å². The molecule has 0 aliphatic carbocycles. The summed E-state index contributed by atoms with van der Waals surface area (Å²) >= 11 is 0. The summed E-state index contributed by atoms with van der Waals surface area (Å²) in [4.78, 5) is 9.16. The molecule has 0 saturated carbocycles. The van der Waals surface area contributed by atoms with Crippen LogP contribution < -0.4 is 29.6 Å². The summed E-state index contributed by atoms with van der Waals surface area (Å²) in [5.41, 5.74) is -0.794. The van der Waals surface area contributed by atoms with Crippen molar-refractivity contribution in [2.24, 2.45) is 0 Å². The van der Waals surface area contributed by atoms with Gasteiger partial charge in [0.2, 0.25) is 0 Å². The van der Waals surface area contributed by atoms with Crippen LogP contribution >= 0.6 is 0 Å². The maximum absolute atomic E-state index is 11.8. The second kappa shape index (κ2) is 8.39. The van der Waals surface area contributed by atoms with Crippen LogP contribution in [0.1, 0.15) is 30.1 Å². The average Bonchev–Trinajstić information content (AvgIpc) is 2.37. The van der Waals surface area contributed by atoms with Gasteiger partial charge >= 0.3 is 35.5 Å². The van der Waals surface area contributed by atoms with E-state index in [1.807, 2.05) is 6.92 Å². The summed E-state index contributed by atoms with van der Waals surface area (Å²) in [5, 5.41) is 8.81. The van der Waals surface area contributed by atoms with E-state index in [1.54, 1.807) is 0 Å². The smallest absolute Gasteiger partial charge is 0.744 e. The number of carboxylic acids is 1. The summed E-state index contributed by atoms with van der Waals surface area (Å²) < 4.78 is 61.4. The first-order valence-corrected chi connectivity index (χ1v) is 8.64.